The number of carbonyl (C=O) groups excluding carboxylic acids is 2. The van der Waals surface area contributed by atoms with E-state index >= 15 is 0 Å². The van der Waals surface area contributed by atoms with Gasteiger partial charge in [-0.2, -0.15) is 0 Å². The first-order valence-corrected chi connectivity index (χ1v) is 12.8. The predicted octanol–water partition coefficient (Wildman–Crippen LogP) is 5.88. The molecule has 3 aromatic rings. The van der Waals surface area contributed by atoms with Gasteiger partial charge in [-0.25, -0.2) is 4.79 Å². The molecule has 4 rings (SSSR count). The van der Waals surface area contributed by atoms with Gasteiger partial charge in [0.25, 0.3) is 0 Å². The zero-order chi connectivity index (χ0) is 26.8. The fraction of sp³-hybridized carbons (Fsp3) is 0.433. The number of hydrogen-bond donors (Lipinski definition) is 1. The van der Waals surface area contributed by atoms with Crippen LogP contribution >= 0.6 is 0 Å². The molecule has 2 aromatic carbocycles. The van der Waals surface area contributed by atoms with Crippen LogP contribution in [0, 0.1) is 6.92 Å². The summed E-state index contributed by atoms with van der Waals surface area (Å²) in [5, 5.41) is 3.84. The highest BCUT2D eigenvalue weighted by atomic mass is 16.6. The molecule has 0 bridgehead atoms. The lowest BCUT2D eigenvalue weighted by Gasteiger charge is -2.37. The predicted molar refractivity (Wildman–Crippen MR) is 146 cm³/mol. The highest BCUT2D eigenvalue weighted by molar-refractivity contribution is 5.89. The summed E-state index contributed by atoms with van der Waals surface area (Å²) in [6.07, 6.45) is 2.72. The Morgan fingerprint density at radius 1 is 0.973 bits per heavy atom. The Bertz CT molecular complexity index is 1270. The third-order valence-electron chi connectivity index (χ3n) is 6.57. The molecule has 196 valence electrons. The van der Waals surface area contributed by atoms with Gasteiger partial charge in [-0.3, -0.25) is 9.78 Å². The molecule has 1 aromatic heterocycles. The molecule has 7 heteroatoms. The average molecular weight is 504 g/mol. The maximum absolute atomic E-state index is 13.1. The van der Waals surface area contributed by atoms with Crippen molar-refractivity contribution in [3.05, 3.63) is 60.3 Å². The zero-order valence-electron chi connectivity index (χ0n) is 22.6. The molecule has 0 radical (unpaired) electrons. The molecule has 1 aliphatic heterocycles. The fourth-order valence-electron chi connectivity index (χ4n) is 4.69. The van der Waals surface area contributed by atoms with Gasteiger partial charge in [0.2, 0.25) is 5.91 Å². The second-order valence-electron chi connectivity index (χ2n) is 11.2. The Balaban J connectivity index is 1.32. The SMILES string of the molecule is Cc1c(-c2ccc(OC3CCN(C(=O)C(C)(C)NC(=O)OC(C)(C)C)CC3)cc2)ccc2cccnc12. The number of ether oxygens (including phenoxy) is 2. The van der Waals surface area contributed by atoms with E-state index in [-0.39, 0.29) is 12.0 Å². The third-order valence-corrected chi connectivity index (χ3v) is 6.57. The summed E-state index contributed by atoms with van der Waals surface area (Å²) in [4.78, 5) is 31.6. The van der Waals surface area contributed by atoms with Crippen molar-refractivity contribution in [1.29, 1.82) is 0 Å². The van der Waals surface area contributed by atoms with Gasteiger partial charge in [-0.15, -0.1) is 0 Å². The number of carbonyl (C=O) groups is 2. The van der Waals surface area contributed by atoms with Crippen LogP contribution in [0.25, 0.3) is 22.0 Å². The number of rotatable bonds is 5. The molecule has 0 spiro atoms. The Morgan fingerprint density at radius 3 is 2.30 bits per heavy atom. The Labute approximate surface area is 219 Å². The number of aryl methyl sites for hydroxylation is 1. The van der Waals surface area contributed by atoms with E-state index < -0.39 is 17.2 Å². The summed E-state index contributed by atoms with van der Waals surface area (Å²) in [5.74, 6) is 0.693. The molecule has 0 atom stereocenters. The zero-order valence-corrected chi connectivity index (χ0v) is 22.6. The quantitative estimate of drug-likeness (QED) is 0.470. The largest absolute Gasteiger partial charge is 0.490 e. The molecule has 2 heterocycles. The number of alkyl carbamates (subject to hydrolysis) is 1. The van der Waals surface area contributed by atoms with Crippen molar-refractivity contribution in [2.24, 2.45) is 0 Å². The fourth-order valence-corrected chi connectivity index (χ4v) is 4.69. The average Bonchev–Trinajstić information content (AvgIpc) is 2.83. The number of fused-ring (bicyclic) bond motifs is 1. The minimum absolute atomic E-state index is 0.0310. The molecular formula is C30H37N3O4. The molecule has 0 aliphatic carbocycles. The number of piperidine rings is 1. The highest BCUT2D eigenvalue weighted by Gasteiger charge is 2.36. The third kappa shape index (κ3) is 6.40. The number of benzene rings is 2. The summed E-state index contributed by atoms with van der Waals surface area (Å²) in [5.41, 5.74) is 2.79. The van der Waals surface area contributed by atoms with Crippen molar-refractivity contribution in [2.75, 3.05) is 13.1 Å². The van der Waals surface area contributed by atoms with E-state index in [9.17, 15) is 9.59 Å². The number of nitrogens with one attached hydrogen (secondary N) is 1. The Hall–Kier alpha value is -3.61. The smallest absolute Gasteiger partial charge is 0.408 e. The summed E-state index contributed by atoms with van der Waals surface area (Å²) in [6.45, 7) is 12.0. The molecule has 37 heavy (non-hydrogen) atoms. The lowest BCUT2D eigenvalue weighted by Crippen LogP contribution is -2.58. The molecule has 0 unspecified atom stereocenters. The van der Waals surface area contributed by atoms with Crippen molar-refractivity contribution in [2.45, 2.75) is 71.6 Å². The van der Waals surface area contributed by atoms with Crippen LogP contribution in [0.5, 0.6) is 5.75 Å². The van der Waals surface area contributed by atoms with Crippen molar-refractivity contribution in [3.63, 3.8) is 0 Å². The van der Waals surface area contributed by atoms with E-state index in [1.54, 1.807) is 39.5 Å². The number of likely N-dealkylation sites (tertiary alicyclic amines) is 1. The summed E-state index contributed by atoms with van der Waals surface area (Å²) in [6, 6.07) is 16.4. The van der Waals surface area contributed by atoms with Crippen LogP contribution in [0.4, 0.5) is 4.79 Å². The normalized spacial score (nSPS) is 14.9. The minimum atomic E-state index is -1.05. The van der Waals surface area contributed by atoms with E-state index in [1.807, 2.05) is 24.4 Å². The van der Waals surface area contributed by atoms with Crippen LogP contribution in [-0.2, 0) is 9.53 Å². The monoisotopic (exact) mass is 503 g/mol. The van der Waals surface area contributed by atoms with Gasteiger partial charge >= 0.3 is 6.09 Å². The first-order valence-electron chi connectivity index (χ1n) is 12.8. The van der Waals surface area contributed by atoms with Gasteiger partial charge in [0, 0.05) is 37.5 Å². The Morgan fingerprint density at radius 2 is 1.65 bits per heavy atom. The molecule has 2 amide bonds. The highest BCUT2D eigenvalue weighted by Crippen LogP contribution is 2.30. The summed E-state index contributed by atoms with van der Waals surface area (Å²) < 4.78 is 11.6. The molecule has 7 nitrogen and oxygen atoms in total. The van der Waals surface area contributed by atoms with E-state index in [1.165, 1.54) is 0 Å². The maximum atomic E-state index is 13.1. The lowest BCUT2D eigenvalue weighted by atomic mass is 9.98. The maximum Gasteiger partial charge on any atom is 0.408 e. The van der Waals surface area contributed by atoms with Gasteiger partial charge in [-0.1, -0.05) is 30.3 Å². The van der Waals surface area contributed by atoms with Crippen molar-refractivity contribution >= 4 is 22.9 Å². The molecule has 1 fully saturated rings. The first-order chi connectivity index (χ1) is 17.4. The topological polar surface area (TPSA) is 80.8 Å². The summed E-state index contributed by atoms with van der Waals surface area (Å²) in [7, 11) is 0. The van der Waals surface area contributed by atoms with Gasteiger partial charge in [0.05, 0.1) is 5.52 Å². The second kappa shape index (κ2) is 10.4. The van der Waals surface area contributed by atoms with Crippen LogP contribution < -0.4 is 10.1 Å². The van der Waals surface area contributed by atoms with E-state index in [0.29, 0.717) is 13.1 Å². The van der Waals surface area contributed by atoms with Crippen molar-refractivity contribution < 1.29 is 19.1 Å². The molecule has 1 aliphatic rings. The van der Waals surface area contributed by atoms with Gasteiger partial charge in [0.15, 0.2) is 0 Å². The lowest BCUT2D eigenvalue weighted by molar-refractivity contribution is -0.138. The van der Waals surface area contributed by atoms with Crippen molar-refractivity contribution in [1.82, 2.24) is 15.2 Å². The van der Waals surface area contributed by atoms with E-state index in [2.05, 4.69) is 47.6 Å². The van der Waals surface area contributed by atoms with Crippen LogP contribution in [0.3, 0.4) is 0 Å². The molecule has 1 saturated heterocycles. The first kappa shape index (κ1) is 26.5. The minimum Gasteiger partial charge on any atom is -0.490 e. The van der Waals surface area contributed by atoms with Crippen LogP contribution in [0.1, 0.15) is 53.0 Å². The molecular weight excluding hydrogens is 466 g/mol. The number of hydrogen-bond acceptors (Lipinski definition) is 5. The van der Waals surface area contributed by atoms with Crippen LogP contribution in [0.15, 0.2) is 54.7 Å². The number of amides is 2. The van der Waals surface area contributed by atoms with E-state index in [4.69, 9.17) is 9.47 Å². The number of nitrogens with zero attached hydrogens (tertiary/aromatic N) is 2. The van der Waals surface area contributed by atoms with Gasteiger partial charge in [-0.05, 0) is 76.4 Å². The summed E-state index contributed by atoms with van der Waals surface area (Å²) >= 11 is 0. The number of aromatic nitrogens is 1. The van der Waals surface area contributed by atoms with Gasteiger partial charge in [0.1, 0.15) is 23.0 Å². The molecule has 1 N–H and O–H groups in total. The van der Waals surface area contributed by atoms with E-state index in [0.717, 1.165) is 46.2 Å². The number of pyridine rings is 1. The molecule has 0 saturated carbocycles. The second-order valence-corrected chi connectivity index (χ2v) is 11.2. The Kier molecular flexibility index (Phi) is 7.44. The van der Waals surface area contributed by atoms with Gasteiger partial charge < -0.3 is 19.7 Å². The van der Waals surface area contributed by atoms with Crippen LogP contribution in [0.2, 0.25) is 0 Å². The van der Waals surface area contributed by atoms with Crippen LogP contribution in [-0.4, -0.2) is 52.2 Å². The van der Waals surface area contributed by atoms with Crippen molar-refractivity contribution in [3.8, 4) is 16.9 Å². The standard InChI is InChI=1S/C30H37N3O4/c1-20-25(14-11-22-8-7-17-31-26(20)22)21-9-12-23(13-10-21)36-24-15-18-33(19-16-24)27(34)30(5,6)32-28(35)37-29(2,3)4/h7-14,17,24H,15-16,18-19H2,1-6H3,(H,32,35).